The molecule has 8 rings (SSSR count). The van der Waals surface area contributed by atoms with Crippen molar-refractivity contribution in [3.8, 4) is 0 Å². The Morgan fingerprint density at radius 1 is 0.949 bits per heavy atom. The number of amides is 1. The van der Waals surface area contributed by atoms with Gasteiger partial charge in [-0.1, -0.05) is 36.5 Å². The molecular formula is C45H80N6O6S2+2. The van der Waals surface area contributed by atoms with E-state index in [-0.39, 0.29) is 58.3 Å². The number of rotatable bonds is 5. The van der Waals surface area contributed by atoms with Gasteiger partial charge in [-0.15, -0.1) is 0 Å². The van der Waals surface area contributed by atoms with E-state index in [0.717, 1.165) is 134 Å². The summed E-state index contributed by atoms with van der Waals surface area (Å²) in [6, 6.07) is 0. The fourth-order valence-electron chi connectivity index (χ4n) is 12.6. The molecule has 4 aliphatic carbocycles. The number of guanidine groups is 1. The minimum atomic E-state index is -0.670. The van der Waals surface area contributed by atoms with E-state index < -0.39 is 17.8 Å². The van der Waals surface area contributed by atoms with Crippen LogP contribution in [0.2, 0.25) is 0 Å². The van der Waals surface area contributed by atoms with Crippen molar-refractivity contribution in [2.45, 2.75) is 202 Å². The number of esters is 1. The Bertz CT molecular complexity index is 1420. The Balaban J connectivity index is 1.12. The Hall–Kier alpha value is -1.29. The molecule has 10 N–H and O–H groups in total. The van der Waals surface area contributed by atoms with Gasteiger partial charge in [-0.25, -0.2) is 0 Å². The Morgan fingerprint density at radius 3 is 2.49 bits per heavy atom. The van der Waals surface area contributed by atoms with Gasteiger partial charge in [0.2, 0.25) is 5.91 Å². The highest BCUT2D eigenvalue weighted by molar-refractivity contribution is 8.77. The summed E-state index contributed by atoms with van der Waals surface area (Å²) in [5.41, 5.74) is 12.3. The predicted octanol–water partition coefficient (Wildman–Crippen LogP) is 3.41. The maximum atomic E-state index is 14.2. The van der Waals surface area contributed by atoms with E-state index in [0.29, 0.717) is 50.8 Å². The second kappa shape index (κ2) is 20.9. The first-order valence-corrected chi connectivity index (χ1v) is 26.3. The van der Waals surface area contributed by atoms with Crippen LogP contribution in [0.25, 0.3) is 0 Å². The van der Waals surface area contributed by atoms with Crippen molar-refractivity contribution >= 4 is 39.4 Å². The SMILES string of the molecule is CC(=O)OC12CCC3CC(CN4CC(CC5CC[NH2+]C(N)C5)(CC[NH+]=C(N)NC5(CCCC5)SSCCCCCC(CC1)C(O)C2)CC4=O)C(O)C(OC1CCCC1)C3. The van der Waals surface area contributed by atoms with Gasteiger partial charge < -0.3 is 29.9 Å². The average molecular weight is 865 g/mol. The molecule has 4 aliphatic heterocycles. The minimum absolute atomic E-state index is 0.0715. The smallest absolute Gasteiger partial charge is 0.342 e. The summed E-state index contributed by atoms with van der Waals surface area (Å²) < 4.78 is 12.9. The van der Waals surface area contributed by atoms with Crippen LogP contribution in [0.4, 0.5) is 0 Å². The van der Waals surface area contributed by atoms with Crippen molar-refractivity contribution < 1.29 is 39.6 Å². The maximum absolute atomic E-state index is 14.2. The lowest BCUT2D eigenvalue weighted by Gasteiger charge is -2.45. The zero-order valence-electron chi connectivity index (χ0n) is 36.2. The molecule has 1 amide bonds. The number of fused-ring (bicyclic) bond motifs is 12. The van der Waals surface area contributed by atoms with Crippen molar-refractivity contribution in [3.63, 3.8) is 0 Å². The van der Waals surface area contributed by atoms with Crippen LogP contribution in [0, 0.1) is 29.1 Å². The standard InChI is InChI=1S/C45H78N6O6S2/c1-31(52)57-44-17-12-32-23-35(41(55)38(24-32)56-36-10-4-5-11-36)29-51-30-43(28-40(51)54,26-33-14-20-48-39(46)25-33)19-21-49-42(47)50-45(15-6-7-16-45)59-58-22-8-2-3-9-34(13-18-44)37(53)27-44/h32-39,41,48,53,55H,2-30,46H2,1H3,(H3,47,49,50)/p+2. The third-order valence-electron chi connectivity index (χ3n) is 15.7. The average Bonchev–Trinajstić information content (AvgIpc) is 3.94. The molecule has 8 aliphatic rings. The number of carbonyl (C=O) groups excluding carboxylic acids is 2. The number of carbonyl (C=O) groups is 2. The van der Waals surface area contributed by atoms with Crippen LogP contribution in [0.3, 0.4) is 0 Å². The molecule has 0 aromatic heterocycles. The van der Waals surface area contributed by atoms with E-state index in [4.69, 9.17) is 20.9 Å². The quantitative estimate of drug-likeness (QED) is 0.159. The van der Waals surface area contributed by atoms with E-state index >= 15 is 0 Å². The van der Waals surface area contributed by atoms with Crippen LogP contribution >= 0.6 is 21.6 Å². The number of aliphatic hydroxyl groups is 2. The summed E-state index contributed by atoms with van der Waals surface area (Å²) in [7, 11) is 3.91. The summed E-state index contributed by atoms with van der Waals surface area (Å²) in [5, 5.41) is 29.6. The first-order chi connectivity index (χ1) is 28.4. The van der Waals surface area contributed by atoms with Crippen LogP contribution in [0.1, 0.15) is 161 Å². The van der Waals surface area contributed by atoms with Crippen molar-refractivity contribution in [3.05, 3.63) is 0 Å². The molecule has 0 aromatic rings. The molecule has 2 saturated heterocycles. The number of aliphatic hydroxyl groups excluding tert-OH is 2. The van der Waals surface area contributed by atoms with Gasteiger partial charge in [0.25, 0.3) is 0 Å². The third-order valence-corrected chi connectivity index (χ3v) is 18.9. The number of hydrogen-bond donors (Lipinski definition) is 7. The molecule has 10 atom stereocenters. The summed E-state index contributed by atoms with van der Waals surface area (Å²) in [6.07, 6.45) is 21.9. The molecule has 4 heterocycles. The number of nitrogens with zero attached hydrogens (tertiary/aromatic N) is 1. The monoisotopic (exact) mass is 865 g/mol. The summed E-state index contributed by atoms with van der Waals surface area (Å²) in [6.45, 7) is 4.43. The number of quaternary nitrogens is 1. The number of hydrogen-bond acceptors (Lipinski definition) is 11. The molecule has 14 heteroatoms. The van der Waals surface area contributed by atoms with Crippen LogP contribution in [0.15, 0.2) is 0 Å². The van der Waals surface area contributed by atoms with Gasteiger partial charge in [-0.3, -0.25) is 31.4 Å². The van der Waals surface area contributed by atoms with Crippen molar-refractivity contribution in [2.24, 2.45) is 40.6 Å². The van der Waals surface area contributed by atoms with Crippen LogP contribution in [-0.2, 0) is 19.1 Å². The lowest BCUT2D eigenvalue weighted by molar-refractivity contribution is -0.699. The second-order valence-electron chi connectivity index (χ2n) is 20.5. The third kappa shape index (κ3) is 12.5. The molecule has 6 fully saturated rings. The van der Waals surface area contributed by atoms with Gasteiger partial charge in [-0.2, -0.15) is 0 Å². The topological polar surface area (TPSA) is 191 Å². The van der Waals surface area contributed by atoms with Gasteiger partial charge >= 0.3 is 11.9 Å². The van der Waals surface area contributed by atoms with E-state index in [2.05, 4.69) is 20.5 Å². The normalized spacial score (nSPS) is 39.8. The summed E-state index contributed by atoms with van der Waals surface area (Å²) in [4.78, 5) is 32.4. The number of nitrogens with one attached hydrogen (secondary N) is 2. The summed E-state index contributed by atoms with van der Waals surface area (Å²) in [5.74, 6) is 2.49. The van der Waals surface area contributed by atoms with Gasteiger partial charge in [0.1, 0.15) is 16.6 Å². The van der Waals surface area contributed by atoms with Crippen LogP contribution in [-0.4, -0.2) is 106 Å². The molecule has 0 radical (unpaired) electrons. The molecule has 6 bridgehead atoms. The van der Waals surface area contributed by atoms with Gasteiger partial charge in [0.15, 0.2) is 0 Å². The maximum Gasteiger partial charge on any atom is 0.342 e. The summed E-state index contributed by atoms with van der Waals surface area (Å²) >= 11 is 0. The highest BCUT2D eigenvalue weighted by Crippen LogP contribution is 2.48. The molecule has 0 aromatic carbocycles. The first kappa shape index (κ1) is 45.7. The van der Waals surface area contributed by atoms with Crippen LogP contribution < -0.4 is 27.1 Å². The van der Waals surface area contributed by atoms with Gasteiger partial charge in [0.05, 0.1) is 37.5 Å². The number of ether oxygens (including phenoxy) is 2. The molecule has 59 heavy (non-hydrogen) atoms. The minimum Gasteiger partial charge on any atom is -0.459 e. The van der Waals surface area contributed by atoms with Crippen molar-refractivity contribution in [1.82, 2.24) is 10.2 Å². The Morgan fingerprint density at radius 2 is 1.73 bits per heavy atom. The highest BCUT2D eigenvalue weighted by Gasteiger charge is 2.49. The molecule has 12 nitrogen and oxygen atoms in total. The Labute approximate surface area is 362 Å². The fourth-order valence-corrected chi connectivity index (χ4v) is 15.8. The van der Waals surface area contributed by atoms with Crippen LogP contribution in [0.5, 0.6) is 0 Å². The van der Waals surface area contributed by atoms with Gasteiger partial charge in [0, 0.05) is 50.9 Å². The van der Waals surface area contributed by atoms with E-state index in [1.165, 1.54) is 19.8 Å². The van der Waals surface area contributed by atoms with E-state index in [1.54, 1.807) is 0 Å². The zero-order valence-corrected chi connectivity index (χ0v) is 37.9. The second-order valence-corrected chi connectivity index (χ2v) is 23.3. The lowest BCUT2D eigenvalue weighted by Crippen LogP contribution is -2.94. The molecular weight excluding hydrogens is 785 g/mol. The molecule has 4 saturated carbocycles. The van der Waals surface area contributed by atoms with Crippen molar-refractivity contribution in [1.29, 1.82) is 0 Å². The highest BCUT2D eigenvalue weighted by atomic mass is 33.1. The Kier molecular flexibility index (Phi) is 16.2. The molecule has 1 spiro atoms. The molecule has 336 valence electrons. The zero-order chi connectivity index (χ0) is 41.5. The number of nitrogens with two attached hydrogens (primary N) is 3. The lowest BCUT2D eigenvalue weighted by atomic mass is 9.70. The van der Waals surface area contributed by atoms with E-state index in [9.17, 15) is 19.8 Å². The molecule has 10 unspecified atom stereocenters. The first-order valence-electron chi connectivity index (χ1n) is 23.9. The fraction of sp³-hybridized carbons (Fsp3) is 0.933. The van der Waals surface area contributed by atoms with Gasteiger partial charge in [-0.05, 0) is 143 Å². The predicted molar refractivity (Wildman–Crippen MR) is 235 cm³/mol. The van der Waals surface area contributed by atoms with E-state index in [1.807, 2.05) is 21.6 Å². The largest absolute Gasteiger partial charge is 0.459 e. The van der Waals surface area contributed by atoms with Crippen molar-refractivity contribution in [2.75, 3.05) is 31.9 Å². The number of piperidine rings is 1.